The number of halogens is 2. The summed E-state index contributed by atoms with van der Waals surface area (Å²) >= 11 is 12.0. The van der Waals surface area contributed by atoms with Gasteiger partial charge in [-0.1, -0.05) is 35.3 Å². The maximum atomic E-state index is 12.6. The van der Waals surface area contributed by atoms with Crippen molar-refractivity contribution in [2.75, 3.05) is 4.90 Å². The van der Waals surface area contributed by atoms with Gasteiger partial charge in [0, 0.05) is 10.9 Å². The first-order valence-corrected chi connectivity index (χ1v) is 7.55. The van der Waals surface area contributed by atoms with Crippen LogP contribution in [0.3, 0.4) is 0 Å². The fourth-order valence-corrected chi connectivity index (χ4v) is 3.09. The Labute approximate surface area is 141 Å². The minimum Gasteiger partial charge on any atom is -0.369 e. The van der Waals surface area contributed by atoms with Crippen molar-refractivity contribution in [1.82, 2.24) is 9.97 Å². The Morgan fingerprint density at radius 3 is 2.61 bits per heavy atom. The number of aromatic nitrogens is 2. The Morgan fingerprint density at radius 1 is 1.04 bits per heavy atom. The number of benzene rings is 1. The van der Waals surface area contributed by atoms with Gasteiger partial charge in [0.2, 0.25) is 0 Å². The molecule has 1 atom stereocenters. The predicted octanol–water partition coefficient (Wildman–Crippen LogP) is 3.59. The number of carbonyl (C=O) groups excluding carboxylic acids is 1. The van der Waals surface area contributed by atoms with Crippen molar-refractivity contribution in [2.45, 2.75) is 6.23 Å². The zero-order chi connectivity index (χ0) is 16.1. The van der Waals surface area contributed by atoms with Crippen molar-refractivity contribution < 1.29 is 9.90 Å². The van der Waals surface area contributed by atoms with Gasteiger partial charge in [-0.15, -0.1) is 0 Å². The number of nitrogens with zero attached hydrogens (tertiary/aromatic N) is 3. The molecule has 23 heavy (non-hydrogen) atoms. The van der Waals surface area contributed by atoms with Gasteiger partial charge in [-0.2, -0.15) is 0 Å². The third-order valence-electron chi connectivity index (χ3n) is 3.75. The minimum atomic E-state index is -1.14. The molecule has 1 unspecified atom stereocenters. The molecule has 1 aliphatic rings. The van der Waals surface area contributed by atoms with Gasteiger partial charge >= 0.3 is 0 Å². The van der Waals surface area contributed by atoms with Gasteiger partial charge in [0.15, 0.2) is 11.9 Å². The van der Waals surface area contributed by atoms with E-state index in [0.29, 0.717) is 26.9 Å². The number of aliphatic hydroxyl groups is 1. The zero-order valence-electron chi connectivity index (χ0n) is 11.6. The number of aliphatic hydroxyl groups excluding tert-OH is 1. The van der Waals surface area contributed by atoms with Crippen molar-refractivity contribution in [3.63, 3.8) is 0 Å². The number of pyridine rings is 2. The second-order valence-electron chi connectivity index (χ2n) is 5.10. The molecule has 114 valence electrons. The van der Waals surface area contributed by atoms with Gasteiger partial charge in [-0.25, -0.2) is 9.97 Å². The molecule has 1 aliphatic heterocycles. The van der Waals surface area contributed by atoms with E-state index in [0.717, 1.165) is 5.39 Å². The first-order valence-electron chi connectivity index (χ1n) is 6.79. The Morgan fingerprint density at radius 2 is 1.83 bits per heavy atom. The molecule has 0 bridgehead atoms. The molecule has 0 saturated carbocycles. The summed E-state index contributed by atoms with van der Waals surface area (Å²) in [5, 5.41) is 11.9. The molecule has 0 radical (unpaired) electrons. The van der Waals surface area contributed by atoms with Crippen molar-refractivity contribution in [3.05, 3.63) is 63.8 Å². The van der Waals surface area contributed by atoms with Crippen LogP contribution >= 0.6 is 23.2 Å². The maximum Gasteiger partial charge on any atom is 0.263 e. The highest BCUT2D eigenvalue weighted by molar-refractivity contribution is 6.35. The van der Waals surface area contributed by atoms with Crippen LogP contribution in [0.15, 0.2) is 42.5 Å². The van der Waals surface area contributed by atoms with Gasteiger partial charge < -0.3 is 5.11 Å². The summed E-state index contributed by atoms with van der Waals surface area (Å²) in [5.41, 5.74) is 1.16. The van der Waals surface area contributed by atoms with Crippen LogP contribution in [0.4, 0.5) is 5.82 Å². The summed E-state index contributed by atoms with van der Waals surface area (Å²) in [6.45, 7) is 0. The Kier molecular flexibility index (Phi) is 3.23. The molecule has 3 heterocycles. The largest absolute Gasteiger partial charge is 0.369 e. The van der Waals surface area contributed by atoms with Crippen LogP contribution in [-0.4, -0.2) is 21.0 Å². The molecular formula is C16H9Cl2N3O2. The number of hydrogen-bond acceptors (Lipinski definition) is 4. The molecule has 7 heteroatoms. The first kappa shape index (κ1) is 14.4. The lowest BCUT2D eigenvalue weighted by Crippen LogP contribution is -2.28. The highest BCUT2D eigenvalue weighted by Crippen LogP contribution is 2.38. The summed E-state index contributed by atoms with van der Waals surface area (Å²) in [7, 11) is 0. The Balaban J connectivity index is 1.86. The summed E-state index contributed by atoms with van der Waals surface area (Å²) in [6, 6.07) is 11.8. The van der Waals surface area contributed by atoms with Crippen LogP contribution in [0, 0.1) is 0 Å². The topological polar surface area (TPSA) is 66.3 Å². The highest BCUT2D eigenvalue weighted by atomic mass is 35.5. The van der Waals surface area contributed by atoms with Crippen molar-refractivity contribution in [2.24, 2.45) is 0 Å². The molecule has 4 rings (SSSR count). The van der Waals surface area contributed by atoms with E-state index in [1.807, 2.05) is 0 Å². The molecule has 3 aromatic rings. The van der Waals surface area contributed by atoms with Gasteiger partial charge in [0.05, 0.1) is 10.6 Å². The highest BCUT2D eigenvalue weighted by Gasteiger charge is 2.38. The molecule has 0 spiro atoms. The van der Waals surface area contributed by atoms with Crippen LogP contribution < -0.4 is 4.90 Å². The van der Waals surface area contributed by atoms with E-state index >= 15 is 0 Å². The Hall–Kier alpha value is -2.21. The number of fused-ring (bicyclic) bond motifs is 2. The van der Waals surface area contributed by atoms with E-state index < -0.39 is 12.1 Å². The second kappa shape index (κ2) is 5.16. The standard InChI is InChI=1S/C16H9Cl2N3O2/c17-10-3-1-2-9-13(10)16(23)21(15(9)22)12-7-5-8-4-6-11(18)19-14(8)20-12/h1-7,15,22H. The molecule has 1 amide bonds. The van der Waals surface area contributed by atoms with Crippen LogP contribution in [0.2, 0.25) is 10.2 Å². The Bertz CT molecular complexity index is 961. The fraction of sp³-hybridized carbons (Fsp3) is 0.0625. The number of rotatable bonds is 1. The number of anilines is 1. The third-order valence-corrected chi connectivity index (χ3v) is 4.28. The van der Waals surface area contributed by atoms with E-state index in [4.69, 9.17) is 23.2 Å². The first-order chi connectivity index (χ1) is 11.1. The summed E-state index contributed by atoms with van der Waals surface area (Å²) < 4.78 is 0. The van der Waals surface area contributed by atoms with Gasteiger partial charge in [-0.3, -0.25) is 9.69 Å². The van der Waals surface area contributed by atoms with Crippen LogP contribution in [0.25, 0.3) is 11.0 Å². The SMILES string of the molecule is O=C1c2c(Cl)cccc2C(O)N1c1ccc2ccc(Cl)nc2n1. The molecular weight excluding hydrogens is 337 g/mol. The van der Waals surface area contributed by atoms with Crippen LogP contribution in [-0.2, 0) is 0 Å². The molecule has 1 N–H and O–H groups in total. The van der Waals surface area contributed by atoms with Crippen LogP contribution in [0.1, 0.15) is 22.1 Å². The number of carbonyl (C=O) groups is 1. The lowest BCUT2D eigenvalue weighted by molar-refractivity contribution is 0.0934. The summed E-state index contributed by atoms with van der Waals surface area (Å²) in [5.74, 6) is -0.107. The van der Waals surface area contributed by atoms with Crippen molar-refractivity contribution in [3.8, 4) is 0 Å². The van der Waals surface area contributed by atoms with E-state index in [1.165, 1.54) is 4.90 Å². The van der Waals surface area contributed by atoms with Crippen molar-refractivity contribution in [1.29, 1.82) is 0 Å². The van der Waals surface area contributed by atoms with Crippen molar-refractivity contribution >= 4 is 46.0 Å². The second-order valence-corrected chi connectivity index (χ2v) is 5.90. The summed E-state index contributed by atoms with van der Waals surface area (Å²) in [4.78, 5) is 22.3. The van der Waals surface area contributed by atoms with Gasteiger partial charge in [0.25, 0.3) is 5.91 Å². The smallest absolute Gasteiger partial charge is 0.263 e. The average Bonchev–Trinajstić information content (AvgIpc) is 2.79. The molecule has 0 fully saturated rings. The third kappa shape index (κ3) is 2.16. The summed E-state index contributed by atoms with van der Waals surface area (Å²) in [6.07, 6.45) is -1.14. The fourth-order valence-electron chi connectivity index (χ4n) is 2.68. The average molecular weight is 346 g/mol. The monoisotopic (exact) mass is 345 g/mol. The minimum absolute atomic E-state index is 0.289. The molecule has 2 aromatic heterocycles. The van der Waals surface area contributed by atoms with Crippen LogP contribution in [0.5, 0.6) is 0 Å². The molecule has 5 nitrogen and oxygen atoms in total. The normalized spacial score (nSPS) is 16.9. The van der Waals surface area contributed by atoms with Gasteiger partial charge in [-0.05, 0) is 30.3 Å². The van der Waals surface area contributed by atoms with E-state index in [2.05, 4.69) is 9.97 Å². The molecule has 0 aliphatic carbocycles. The van der Waals surface area contributed by atoms with E-state index in [1.54, 1.807) is 42.5 Å². The quantitative estimate of drug-likeness (QED) is 0.684. The van der Waals surface area contributed by atoms with E-state index in [-0.39, 0.29) is 5.82 Å². The number of amides is 1. The zero-order valence-corrected chi connectivity index (χ0v) is 13.1. The molecule has 0 saturated heterocycles. The molecule has 1 aromatic carbocycles. The lowest BCUT2D eigenvalue weighted by atomic mass is 10.1. The predicted molar refractivity (Wildman–Crippen MR) is 87.8 cm³/mol. The van der Waals surface area contributed by atoms with Gasteiger partial charge in [0.1, 0.15) is 11.0 Å². The lowest BCUT2D eigenvalue weighted by Gasteiger charge is -2.19. The van der Waals surface area contributed by atoms with E-state index in [9.17, 15) is 9.90 Å². The maximum absolute atomic E-state index is 12.6. The number of hydrogen-bond donors (Lipinski definition) is 1.